The standard InChI is InChI=1S/C61H50F2N4/c1-61(38-36-45(63)37-39-61)67-59-19-11-9-17-54(59)56-41-52(33-35-60(56)67)65(47-14-6-3-7-15-47)49-28-22-43(23-29-49)42-20-26-48(27-21-42)64(46-12-4-2-5-13-46)51-32-34-58-55(40-51)53-16-8-10-18-57(53)66(58)50-30-24-44(62)25-31-50/h2-4,6-7,9-12,14-15,17-24,26-28,30,32-36,40-41,49H,5,8,13,16,29,37-39H2,1H3. The van der Waals surface area contributed by atoms with Crippen LogP contribution in [0.25, 0.3) is 50.0 Å². The molecule has 6 heteroatoms. The van der Waals surface area contributed by atoms with Crippen LogP contribution in [0.2, 0.25) is 0 Å². The van der Waals surface area contributed by atoms with E-state index in [1.165, 1.54) is 55.7 Å². The summed E-state index contributed by atoms with van der Waals surface area (Å²) >= 11 is 0. The Labute approximate surface area is 391 Å². The maximum Gasteiger partial charge on any atom is 0.173 e. The Morgan fingerprint density at radius 1 is 0.657 bits per heavy atom. The van der Waals surface area contributed by atoms with E-state index >= 15 is 0 Å². The zero-order valence-corrected chi connectivity index (χ0v) is 37.6. The van der Waals surface area contributed by atoms with Gasteiger partial charge in [0.05, 0.1) is 28.8 Å². The van der Waals surface area contributed by atoms with Crippen LogP contribution in [0.3, 0.4) is 0 Å². The van der Waals surface area contributed by atoms with Crippen LogP contribution in [0, 0.1) is 17.9 Å². The highest BCUT2D eigenvalue weighted by Gasteiger charge is 2.33. The molecule has 0 bridgehead atoms. The van der Waals surface area contributed by atoms with Crippen molar-refractivity contribution in [1.29, 1.82) is 0 Å². The number of fused-ring (bicyclic) bond motifs is 6. The van der Waals surface area contributed by atoms with Gasteiger partial charge in [0.2, 0.25) is 0 Å². The van der Waals surface area contributed by atoms with Crippen molar-refractivity contribution in [2.75, 3.05) is 9.80 Å². The van der Waals surface area contributed by atoms with E-state index in [9.17, 15) is 8.78 Å². The summed E-state index contributed by atoms with van der Waals surface area (Å²) in [4.78, 5) is 4.88. The molecule has 328 valence electrons. The number of benzene rings is 5. The number of hydrogen-bond acceptors (Lipinski definition) is 2. The molecule has 4 aliphatic carbocycles. The quantitative estimate of drug-likeness (QED) is 0.144. The van der Waals surface area contributed by atoms with Crippen LogP contribution < -0.4 is 9.80 Å². The normalized spacial score (nSPS) is 19.0. The van der Waals surface area contributed by atoms with Gasteiger partial charge < -0.3 is 18.9 Å². The van der Waals surface area contributed by atoms with Crippen molar-refractivity contribution in [3.63, 3.8) is 0 Å². The minimum Gasteiger partial charge on any atom is -0.334 e. The van der Waals surface area contributed by atoms with E-state index in [4.69, 9.17) is 0 Å². The zero-order valence-electron chi connectivity index (χ0n) is 37.6. The molecule has 6 aromatic carbocycles. The summed E-state index contributed by atoms with van der Waals surface area (Å²) in [6.45, 7) is 2.28. The molecular formula is C61H50F2N4. The fraction of sp³-hybridized carbons (Fsp3) is 0.180. The van der Waals surface area contributed by atoms with Crippen molar-refractivity contribution in [3.8, 4) is 5.69 Å². The van der Waals surface area contributed by atoms with Gasteiger partial charge in [-0.1, -0.05) is 91.1 Å². The zero-order chi connectivity index (χ0) is 45.1. The Morgan fingerprint density at radius 2 is 1.43 bits per heavy atom. The lowest BCUT2D eigenvalue weighted by Gasteiger charge is -2.35. The van der Waals surface area contributed by atoms with Crippen molar-refractivity contribution in [2.45, 2.75) is 69.9 Å². The number of anilines is 4. The molecule has 67 heavy (non-hydrogen) atoms. The molecule has 2 unspecified atom stereocenters. The van der Waals surface area contributed by atoms with Crippen LogP contribution in [0.1, 0.15) is 68.7 Å². The second kappa shape index (κ2) is 16.7. The Bertz CT molecular complexity index is 3400. The van der Waals surface area contributed by atoms with Gasteiger partial charge in [0.25, 0.3) is 0 Å². The van der Waals surface area contributed by atoms with E-state index in [2.05, 4.69) is 202 Å². The number of aryl methyl sites for hydroxylation is 1. The van der Waals surface area contributed by atoms with Crippen LogP contribution in [0.5, 0.6) is 0 Å². The van der Waals surface area contributed by atoms with Gasteiger partial charge >= 0.3 is 0 Å². The highest BCUT2D eigenvalue weighted by molar-refractivity contribution is 6.09. The van der Waals surface area contributed by atoms with Gasteiger partial charge in [-0.2, -0.15) is 4.39 Å². The molecule has 0 amide bonds. The maximum atomic E-state index is 14.3. The van der Waals surface area contributed by atoms with E-state index in [0.717, 1.165) is 78.2 Å². The lowest BCUT2D eigenvalue weighted by atomic mass is 9.86. The summed E-state index contributed by atoms with van der Waals surface area (Å²) in [7, 11) is 0. The van der Waals surface area contributed by atoms with Gasteiger partial charge in [0.1, 0.15) is 0 Å². The smallest absolute Gasteiger partial charge is 0.173 e. The van der Waals surface area contributed by atoms with Crippen molar-refractivity contribution >= 4 is 67.1 Å². The summed E-state index contributed by atoms with van der Waals surface area (Å²) < 4.78 is 32.9. The first-order chi connectivity index (χ1) is 32.9. The highest BCUT2D eigenvalue weighted by Crippen LogP contribution is 2.45. The number of aromatic nitrogens is 2. The average Bonchev–Trinajstić information content (AvgIpc) is 3.89. The second-order valence-corrected chi connectivity index (χ2v) is 18.6. The molecule has 12 rings (SSSR count). The van der Waals surface area contributed by atoms with Crippen molar-refractivity contribution in [2.24, 2.45) is 0 Å². The van der Waals surface area contributed by atoms with E-state index < -0.39 is 5.82 Å². The molecule has 0 aliphatic heterocycles. The Hall–Kier alpha value is -7.62. The second-order valence-electron chi connectivity index (χ2n) is 18.6. The fourth-order valence-electron chi connectivity index (χ4n) is 11.1. The summed E-state index contributed by atoms with van der Waals surface area (Å²) in [5.41, 5.74) is 14.6. The SMILES string of the molecule is CC1(n2c3ccccc3c3cc(N(c4ccccc4)C4C=CC(c5ccc(N(C6=CC=CCC6)c6ccc7c(c6)c6c(n7-c7c#cc(F)cc7)C=CCC6)cc5)=CC4)ccc32)CC=C(F)CC1. The van der Waals surface area contributed by atoms with Gasteiger partial charge in [-0.25, -0.2) is 4.39 Å². The first kappa shape index (κ1) is 40.9. The number of nitrogens with zero attached hydrogens (tertiary/aromatic N) is 4. The predicted molar refractivity (Wildman–Crippen MR) is 274 cm³/mol. The van der Waals surface area contributed by atoms with Crippen molar-refractivity contribution in [3.05, 3.63) is 222 Å². The van der Waals surface area contributed by atoms with E-state index in [-0.39, 0.29) is 17.4 Å². The van der Waals surface area contributed by atoms with Crippen LogP contribution in [0.4, 0.5) is 31.5 Å². The maximum absolute atomic E-state index is 14.3. The highest BCUT2D eigenvalue weighted by atomic mass is 19.1. The molecule has 0 spiro atoms. The Kier molecular flexibility index (Phi) is 10.2. The van der Waals surface area contributed by atoms with Crippen LogP contribution >= 0.6 is 0 Å². The molecule has 2 aromatic heterocycles. The summed E-state index contributed by atoms with van der Waals surface area (Å²) in [6, 6.07) is 51.2. The fourth-order valence-corrected chi connectivity index (χ4v) is 11.1. The van der Waals surface area contributed by atoms with Gasteiger partial charge in [0, 0.05) is 67.6 Å². The number of rotatable bonds is 9. The van der Waals surface area contributed by atoms with Crippen molar-refractivity contribution in [1.82, 2.24) is 9.13 Å². The van der Waals surface area contributed by atoms with Gasteiger partial charge in [-0.05, 0) is 172 Å². The minimum atomic E-state index is -0.410. The monoisotopic (exact) mass is 876 g/mol. The van der Waals surface area contributed by atoms with E-state index in [0.29, 0.717) is 12.8 Å². The van der Waals surface area contributed by atoms with Gasteiger partial charge in [0.15, 0.2) is 5.82 Å². The summed E-state index contributed by atoms with van der Waals surface area (Å²) in [5.74, 6) is -0.408. The van der Waals surface area contributed by atoms with Crippen LogP contribution in [-0.2, 0) is 12.0 Å². The molecular weight excluding hydrogens is 827 g/mol. The van der Waals surface area contributed by atoms with E-state index in [1.54, 1.807) is 12.1 Å². The third kappa shape index (κ3) is 7.21. The molecule has 0 radical (unpaired) electrons. The first-order valence-corrected chi connectivity index (χ1v) is 23.7. The predicted octanol–water partition coefficient (Wildman–Crippen LogP) is 16.1. The van der Waals surface area contributed by atoms with Crippen LogP contribution in [0.15, 0.2) is 188 Å². The minimum absolute atomic E-state index is 0.00228. The molecule has 4 nitrogen and oxygen atoms in total. The first-order valence-electron chi connectivity index (χ1n) is 23.7. The van der Waals surface area contributed by atoms with E-state index in [1.807, 2.05) is 0 Å². The molecule has 2 atom stereocenters. The summed E-state index contributed by atoms with van der Waals surface area (Å²) in [5, 5.41) is 3.64. The number of allylic oxidation sites excluding steroid dienone is 9. The Balaban J connectivity index is 0.860. The molecule has 0 N–H and O–H groups in total. The lowest BCUT2D eigenvalue weighted by Crippen LogP contribution is -2.31. The van der Waals surface area contributed by atoms with Gasteiger partial charge in [-0.3, -0.25) is 0 Å². The third-order valence-corrected chi connectivity index (χ3v) is 14.5. The number of halogens is 2. The summed E-state index contributed by atoms with van der Waals surface area (Å²) in [6.07, 6.45) is 26.5. The van der Waals surface area contributed by atoms with Crippen molar-refractivity contribution < 1.29 is 8.78 Å². The number of para-hydroxylation sites is 2. The van der Waals surface area contributed by atoms with Gasteiger partial charge in [-0.15, -0.1) is 0 Å². The average molecular weight is 877 g/mol. The number of hydrogen-bond donors (Lipinski definition) is 0. The Morgan fingerprint density at radius 3 is 2.21 bits per heavy atom. The molecule has 4 aliphatic rings. The largest absolute Gasteiger partial charge is 0.334 e. The molecule has 8 aromatic rings. The molecule has 0 saturated heterocycles. The molecule has 2 heterocycles. The third-order valence-electron chi connectivity index (χ3n) is 14.5. The lowest BCUT2D eigenvalue weighted by molar-refractivity contribution is 0.286. The molecule has 0 saturated carbocycles. The topological polar surface area (TPSA) is 16.3 Å². The van der Waals surface area contributed by atoms with Crippen LogP contribution in [-0.4, -0.2) is 15.2 Å². The molecule has 0 fully saturated rings.